The quantitative estimate of drug-likeness (QED) is 0.516. The zero-order valence-corrected chi connectivity index (χ0v) is 21.2. The molecule has 1 aliphatic rings. The third-order valence-corrected chi connectivity index (χ3v) is 6.34. The van der Waals surface area contributed by atoms with Gasteiger partial charge in [0, 0.05) is 58.0 Å². The lowest BCUT2D eigenvalue weighted by Gasteiger charge is -2.41. The fraction of sp³-hybridized carbons (Fsp3) is 0.423. The van der Waals surface area contributed by atoms with E-state index in [-0.39, 0.29) is 30.2 Å². The maximum atomic E-state index is 13.0. The Morgan fingerprint density at radius 2 is 1.94 bits per heavy atom. The Hall–Kier alpha value is -3.95. The van der Waals surface area contributed by atoms with Gasteiger partial charge in [-0.1, -0.05) is 26.0 Å². The van der Waals surface area contributed by atoms with E-state index in [1.807, 2.05) is 30.3 Å². The highest BCUT2D eigenvalue weighted by molar-refractivity contribution is 5.78. The topological polar surface area (TPSA) is 105 Å². The summed E-state index contributed by atoms with van der Waals surface area (Å²) in [6.45, 7) is 7.75. The van der Waals surface area contributed by atoms with Gasteiger partial charge in [-0.3, -0.25) is 14.2 Å². The molecule has 1 unspecified atom stereocenters. The van der Waals surface area contributed by atoms with Crippen LogP contribution in [0.5, 0.6) is 5.75 Å². The highest BCUT2D eigenvalue weighted by Crippen LogP contribution is 2.25. The molecule has 1 saturated heterocycles. The Bertz CT molecular complexity index is 1180. The lowest BCUT2D eigenvalue weighted by atomic mass is 10.1. The summed E-state index contributed by atoms with van der Waals surface area (Å²) in [4.78, 5) is 42.7. The van der Waals surface area contributed by atoms with Crippen molar-refractivity contribution < 1.29 is 14.3 Å². The van der Waals surface area contributed by atoms with E-state index >= 15 is 0 Å². The van der Waals surface area contributed by atoms with Crippen molar-refractivity contribution in [3.8, 4) is 11.7 Å². The van der Waals surface area contributed by atoms with Crippen molar-refractivity contribution in [2.45, 2.75) is 45.7 Å². The van der Waals surface area contributed by atoms with E-state index in [0.29, 0.717) is 32.1 Å². The van der Waals surface area contributed by atoms with Crippen LogP contribution >= 0.6 is 0 Å². The summed E-state index contributed by atoms with van der Waals surface area (Å²) in [5.74, 6) is 2.16. The molecule has 1 aliphatic heterocycles. The molecule has 3 aromatic rings. The van der Waals surface area contributed by atoms with Gasteiger partial charge in [0.1, 0.15) is 17.9 Å². The monoisotopic (exact) mass is 491 g/mol. The molecule has 190 valence electrons. The van der Waals surface area contributed by atoms with Gasteiger partial charge in [0.25, 0.3) is 0 Å². The molecule has 2 aromatic heterocycles. The average molecular weight is 492 g/mol. The average Bonchev–Trinajstić information content (AvgIpc) is 3.42. The highest BCUT2D eigenvalue weighted by Gasteiger charge is 2.31. The lowest BCUT2D eigenvalue weighted by Crippen LogP contribution is -2.56. The molecular weight excluding hydrogens is 458 g/mol. The Balaban J connectivity index is 1.54. The van der Waals surface area contributed by atoms with E-state index in [1.54, 1.807) is 42.2 Å². The van der Waals surface area contributed by atoms with Crippen LogP contribution in [0.3, 0.4) is 0 Å². The van der Waals surface area contributed by atoms with Crippen LogP contribution in [-0.4, -0.2) is 69.0 Å². The molecule has 10 heteroatoms. The number of imidazole rings is 1. The van der Waals surface area contributed by atoms with Gasteiger partial charge in [0.2, 0.25) is 17.8 Å². The number of anilines is 1. The second-order valence-corrected chi connectivity index (χ2v) is 9.22. The molecule has 0 aliphatic carbocycles. The van der Waals surface area contributed by atoms with Crippen molar-refractivity contribution in [2.24, 2.45) is 0 Å². The Morgan fingerprint density at radius 1 is 1.17 bits per heavy atom. The van der Waals surface area contributed by atoms with Crippen molar-refractivity contribution in [2.75, 3.05) is 31.6 Å². The SMILES string of the molecule is COc1ccc(CNC(=O)CC2CN(C(C)=O)CCN2c2cc(C(C)C)nc(-n3ccnc3)n2)cc1. The minimum atomic E-state index is -0.218. The fourth-order valence-corrected chi connectivity index (χ4v) is 4.22. The van der Waals surface area contributed by atoms with Crippen LogP contribution in [0.4, 0.5) is 5.82 Å². The van der Waals surface area contributed by atoms with Gasteiger partial charge in [0.05, 0.1) is 18.8 Å². The standard InChI is InChI=1S/C26H33N7O3/c1-18(2)23-14-24(30-26(29-23)32-10-9-27-17-32)33-12-11-31(19(3)34)16-21(33)13-25(35)28-15-20-5-7-22(36-4)8-6-20/h5-10,14,17-18,21H,11-13,15-16H2,1-4H3,(H,28,35). The number of ether oxygens (including phenoxy) is 1. The van der Waals surface area contributed by atoms with E-state index in [1.165, 1.54) is 0 Å². The third-order valence-electron chi connectivity index (χ3n) is 6.34. The predicted molar refractivity (Wildman–Crippen MR) is 136 cm³/mol. The molecular formula is C26H33N7O3. The van der Waals surface area contributed by atoms with Crippen LogP contribution in [-0.2, 0) is 16.1 Å². The van der Waals surface area contributed by atoms with E-state index in [9.17, 15) is 9.59 Å². The minimum Gasteiger partial charge on any atom is -0.497 e. The summed E-state index contributed by atoms with van der Waals surface area (Å²) in [6.07, 6.45) is 5.40. The Morgan fingerprint density at radius 3 is 2.58 bits per heavy atom. The van der Waals surface area contributed by atoms with Crippen LogP contribution in [0.25, 0.3) is 5.95 Å². The van der Waals surface area contributed by atoms with Gasteiger partial charge in [-0.15, -0.1) is 0 Å². The summed E-state index contributed by atoms with van der Waals surface area (Å²) in [7, 11) is 1.62. The molecule has 1 N–H and O–H groups in total. The molecule has 0 saturated carbocycles. The van der Waals surface area contributed by atoms with Gasteiger partial charge in [-0.25, -0.2) is 9.97 Å². The van der Waals surface area contributed by atoms with Crippen LogP contribution in [0.2, 0.25) is 0 Å². The van der Waals surface area contributed by atoms with Crippen molar-refractivity contribution >= 4 is 17.6 Å². The Kier molecular flexibility index (Phi) is 7.82. The predicted octanol–water partition coefficient (Wildman–Crippen LogP) is 2.54. The summed E-state index contributed by atoms with van der Waals surface area (Å²) >= 11 is 0. The van der Waals surface area contributed by atoms with Gasteiger partial charge in [-0.2, -0.15) is 4.98 Å². The van der Waals surface area contributed by atoms with Crippen molar-refractivity contribution in [3.63, 3.8) is 0 Å². The molecule has 10 nitrogen and oxygen atoms in total. The number of amides is 2. The van der Waals surface area contributed by atoms with Gasteiger partial charge >= 0.3 is 0 Å². The second kappa shape index (κ2) is 11.2. The van der Waals surface area contributed by atoms with Crippen molar-refractivity contribution in [3.05, 3.63) is 60.3 Å². The summed E-state index contributed by atoms with van der Waals surface area (Å²) in [6, 6.07) is 9.36. The van der Waals surface area contributed by atoms with Crippen LogP contribution in [0, 0.1) is 0 Å². The van der Waals surface area contributed by atoms with E-state index < -0.39 is 0 Å². The van der Waals surface area contributed by atoms with Gasteiger partial charge in [0.15, 0.2) is 0 Å². The number of carbonyl (C=O) groups is 2. The summed E-state index contributed by atoms with van der Waals surface area (Å²) in [5.41, 5.74) is 1.89. The smallest absolute Gasteiger partial charge is 0.237 e. The molecule has 1 aromatic carbocycles. The molecule has 0 spiro atoms. The number of carbonyl (C=O) groups excluding carboxylic acids is 2. The molecule has 36 heavy (non-hydrogen) atoms. The third kappa shape index (κ3) is 5.99. The Labute approximate surface area is 211 Å². The van der Waals surface area contributed by atoms with Crippen LogP contribution in [0.1, 0.15) is 44.4 Å². The molecule has 2 amide bonds. The number of aromatic nitrogens is 4. The van der Waals surface area contributed by atoms with Crippen LogP contribution < -0.4 is 15.0 Å². The highest BCUT2D eigenvalue weighted by atomic mass is 16.5. The molecule has 0 radical (unpaired) electrons. The van der Waals surface area contributed by atoms with Gasteiger partial charge in [-0.05, 0) is 23.6 Å². The molecule has 3 heterocycles. The number of hydrogen-bond acceptors (Lipinski definition) is 7. The molecule has 4 rings (SSSR count). The number of nitrogens with one attached hydrogen (secondary N) is 1. The maximum absolute atomic E-state index is 13.0. The van der Waals surface area contributed by atoms with Crippen LogP contribution in [0.15, 0.2) is 49.1 Å². The number of piperazine rings is 1. The second-order valence-electron chi connectivity index (χ2n) is 9.22. The number of methoxy groups -OCH3 is 1. The van der Waals surface area contributed by atoms with Gasteiger partial charge < -0.3 is 19.9 Å². The summed E-state index contributed by atoms with van der Waals surface area (Å²) < 4.78 is 6.97. The number of nitrogens with zero attached hydrogens (tertiary/aromatic N) is 6. The van der Waals surface area contributed by atoms with Crippen molar-refractivity contribution in [1.82, 2.24) is 29.7 Å². The normalized spacial score (nSPS) is 15.8. The zero-order valence-electron chi connectivity index (χ0n) is 21.2. The van der Waals surface area contributed by atoms with E-state index in [2.05, 4.69) is 29.0 Å². The fourth-order valence-electron chi connectivity index (χ4n) is 4.22. The van der Waals surface area contributed by atoms with E-state index in [4.69, 9.17) is 14.7 Å². The molecule has 0 bridgehead atoms. The first-order chi connectivity index (χ1) is 17.3. The van der Waals surface area contributed by atoms with Crippen molar-refractivity contribution in [1.29, 1.82) is 0 Å². The number of benzene rings is 1. The summed E-state index contributed by atoms with van der Waals surface area (Å²) in [5, 5.41) is 3.01. The molecule has 1 fully saturated rings. The largest absolute Gasteiger partial charge is 0.497 e. The zero-order chi connectivity index (χ0) is 25.7. The maximum Gasteiger partial charge on any atom is 0.237 e. The number of hydrogen-bond donors (Lipinski definition) is 1. The minimum absolute atomic E-state index is 0.00273. The lowest BCUT2D eigenvalue weighted by molar-refractivity contribution is -0.130. The number of rotatable bonds is 8. The van der Waals surface area contributed by atoms with E-state index in [0.717, 1.165) is 22.8 Å². The molecule has 1 atom stereocenters. The first kappa shape index (κ1) is 25.2. The first-order valence-corrected chi connectivity index (χ1v) is 12.1. The first-order valence-electron chi connectivity index (χ1n) is 12.1.